The summed E-state index contributed by atoms with van der Waals surface area (Å²) in [6.45, 7) is -2.11. The Morgan fingerprint density at radius 2 is 2.06 bits per heavy atom. The van der Waals surface area contributed by atoms with E-state index in [2.05, 4.69) is 0 Å². The van der Waals surface area contributed by atoms with E-state index >= 15 is 0 Å². The standard InChI is InChI=1S/C11H9ClF2O2/c12-8-3-1-2-7-9(15)4-11(5-13,6-14)16-10(7)8/h1-3H,4-6H2. The van der Waals surface area contributed by atoms with Gasteiger partial charge in [-0.05, 0) is 12.1 Å². The Balaban J connectivity index is 2.49. The molecule has 1 heterocycles. The van der Waals surface area contributed by atoms with Crippen LogP contribution in [0, 0.1) is 0 Å². The molecule has 0 bridgehead atoms. The Morgan fingerprint density at radius 3 is 2.69 bits per heavy atom. The van der Waals surface area contributed by atoms with Gasteiger partial charge in [0.15, 0.2) is 11.4 Å². The van der Waals surface area contributed by atoms with Gasteiger partial charge in [-0.3, -0.25) is 4.79 Å². The number of ether oxygens (including phenoxy) is 1. The molecule has 16 heavy (non-hydrogen) atoms. The van der Waals surface area contributed by atoms with Crippen LogP contribution in [0.3, 0.4) is 0 Å². The molecule has 1 aromatic carbocycles. The molecular formula is C11H9ClF2O2. The number of ketones is 1. The number of Topliss-reactive ketones (excluding diaryl/α,β-unsaturated/α-hetero) is 1. The maximum Gasteiger partial charge on any atom is 0.173 e. The summed E-state index contributed by atoms with van der Waals surface area (Å²) < 4.78 is 30.8. The lowest BCUT2D eigenvalue weighted by molar-refractivity contribution is 0.00438. The second-order valence-electron chi connectivity index (χ2n) is 3.77. The number of carbonyl (C=O) groups excluding carboxylic acids is 1. The minimum Gasteiger partial charge on any atom is -0.479 e. The minimum absolute atomic E-state index is 0.0794. The fraction of sp³-hybridized carbons (Fsp3) is 0.364. The molecule has 1 aliphatic rings. The van der Waals surface area contributed by atoms with Crippen LogP contribution in [0.2, 0.25) is 5.02 Å². The van der Waals surface area contributed by atoms with Gasteiger partial charge in [-0.15, -0.1) is 0 Å². The summed E-state index contributed by atoms with van der Waals surface area (Å²) in [5, 5.41) is 0.192. The first-order valence-electron chi connectivity index (χ1n) is 4.74. The highest BCUT2D eigenvalue weighted by Gasteiger charge is 2.41. The van der Waals surface area contributed by atoms with E-state index < -0.39 is 19.0 Å². The molecular weight excluding hydrogens is 238 g/mol. The van der Waals surface area contributed by atoms with Crippen LogP contribution in [0.5, 0.6) is 5.75 Å². The van der Waals surface area contributed by atoms with Crippen LogP contribution < -0.4 is 4.74 Å². The van der Waals surface area contributed by atoms with Gasteiger partial charge in [0.1, 0.15) is 19.1 Å². The Kier molecular flexibility index (Phi) is 2.84. The number of para-hydroxylation sites is 1. The first kappa shape index (κ1) is 11.3. The lowest BCUT2D eigenvalue weighted by Gasteiger charge is -2.33. The maximum absolute atomic E-state index is 12.8. The number of hydrogen-bond acceptors (Lipinski definition) is 2. The highest BCUT2D eigenvalue weighted by molar-refractivity contribution is 6.32. The van der Waals surface area contributed by atoms with Gasteiger partial charge in [0.05, 0.1) is 17.0 Å². The molecule has 0 saturated heterocycles. The predicted octanol–water partition coefficient (Wildman–Crippen LogP) is 2.98. The van der Waals surface area contributed by atoms with Crippen molar-refractivity contribution in [2.45, 2.75) is 12.0 Å². The van der Waals surface area contributed by atoms with E-state index in [1.165, 1.54) is 12.1 Å². The second kappa shape index (κ2) is 4.01. The van der Waals surface area contributed by atoms with Crippen LogP contribution in [0.1, 0.15) is 16.8 Å². The number of hydrogen-bond donors (Lipinski definition) is 0. The summed E-state index contributed by atoms with van der Waals surface area (Å²) in [5.74, 6) is -0.269. The van der Waals surface area contributed by atoms with Crippen LogP contribution in [0.4, 0.5) is 8.78 Å². The molecule has 2 rings (SSSR count). The summed E-state index contributed by atoms with van der Waals surface area (Å²) >= 11 is 5.83. The molecule has 1 aliphatic heterocycles. The van der Waals surface area contributed by atoms with Gasteiger partial charge in [-0.25, -0.2) is 8.78 Å². The molecule has 0 atom stereocenters. The first-order chi connectivity index (χ1) is 7.62. The predicted molar refractivity (Wildman–Crippen MR) is 55.7 cm³/mol. The van der Waals surface area contributed by atoms with Crippen molar-refractivity contribution >= 4 is 17.4 Å². The van der Waals surface area contributed by atoms with Gasteiger partial charge in [0, 0.05) is 0 Å². The van der Waals surface area contributed by atoms with E-state index in [4.69, 9.17) is 16.3 Å². The SMILES string of the molecule is O=C1CC(CF)(CF)Oc2c(Cl)cccc21. The zero-order valence-corrected chi connectivity index (χ0v) is 9.06. The van der Waals surface area contributed by atoms with Gasteiger partial charge < -0.3 is 4.74 Å². The van der Waals surface area contributed by atoms with E-state index in [0.717, 1.165) is 0 Å². The molecule has 0 saturated carbocycles. The molecule has 1 aromatic rings. The largest absolute Gasteiger partial charge is 0.479 e. The Bertz CT molecular complexity index is 430. The van der Waals surface area contributed by atoms with Crippen molar-refractivity contribution in [3.05, 3.63) is 28.8 Å². The van der Waals surface area contributed by atoms with Crippen molar-refractivity contribution < 1.29 is 18.3 Å². The van der Waals surface area contributed by atoms with Crippen molar-refractivity contribution in [1.82, 2.24) is 0 Å². The van der Waals surface area contributed by atoms with Crippen LogP contribution in [-0.4, -0.2) is 24.7 Å². The number of benzene rings is 1. The minimum atomic E-state index is -1.70. The van der Waals surface area contributed by atoms with Crippen molar-refractivity contribution in [2.75, 3.05) is 13.3 Å². The van der Waals surface area contributed by atoms with E-state index in [1.807, 2.05) is 0 Å². The molecule has 0 spiro atoms. The van der Waals surface area contributed by atoms with Gasteiger partial charge in [0.25, 0.3) is 0 Å². The van der Waals surface area contributed by atoms with E-state index in [0.29, 0.717) is 0 Å². The number of alkyl halides is 2. The first-order valence-corrected chi connectivity index (χ1v) is 5.12. The molecule has 0 radical (unpaired) electrons. The molecule has 2 nitrogen and oxygen atoms in total. The van der Waals surface area contributed by atoms with Crippen molar-refractivity contribution in [2.24, 2.45) is 0 Å². The van der Waals surface area contributed by atoms with E-state index in [9.17, 15) is 13.6 Å². The topological polar surface area (TPSA) is 26.3 Å². The Hall–Kier alpha value is -1.16. The number of carbonyl (C=O) groups is 1. The van der Waals surface area contributed by atoms with Crippen LogP contribution >= 0.6 is 11.6 Å². The monoisotopic (exact) mass is 246 g/mol. The zero-order chi connectivity index (χ0) is 11.8. The number of rotatable bonds is 2. The summed E-state index contributed by atoms with van der Waals surface area (Å²) in [7, 11) is 0. The molecule has 0 N–H and O–H groups in total. The van der Waals surface area contributed by atoms with Gasteiger partial charge in [0.2, 0.25) is 0 Å². The Morgan fingerprint density at radius 1 is 1.38 bits per heavy atom. The molecule has 0 fully saturated rings. The molecule has 0 aliphatic carbocycles. The second-order valence-corrected chi connectivity index (χ2v) is 4.18. The zero-order valence-electron chi connectivity index (χ0n) is 8.30. The third kappa shape index (κ3) is 1.67. The lowest BCUT2D eigenvalue weighted by atomic mass is 9.92. The fourth-order valence-electron chi connectivity index (χ4n) is 1.66. The lowest BCUT2D eigenvalue weighted by Crippen LogP contribution is -2.46. The Labute approximate surface area is 96.2 Å². The summed E-state index contributed by atoms with van der Waals surface area (Å²) in [6.07, 6.45) is -0.298. The van der Waals surface area contributed by atoms with Crippen LogP contribution in [0.15, 0.2) is 18.2 Å². The molecule has 86 valence electrons. The summed E-state index contributed by atoms with van der Waals surface area (Å²) in [4.78, 5) is 11.7. The third-order valence-electron chi connectivity index (χ3n) is 2.56. The average molecular weight is 247 g/mol. The third-order valence-corrected chi connectivity index (χ3v) is 2.85. The molecule has 0 amide bonds. The summed E-state index contributed by atoms with van der Waals surface area (Å²) in [5.41, 5.74) is -1.42. The highest BCUT2D eigenvalue weighted by atomic mass is 35.5. The highest BCUT2D eigenvalue weighted by Crippen LogP contribution is 2.38. The quantitative estimate of drug-likeness (QED) is 0.802. The molecule has 5 heteroatoms. The number of halogens is 3. The number of fused-ring (bicyclic) bond motifs is 1. The van der Waals surface area contributed by atoms with Gasteiger partial charge in [-0.2, -0.15) is 0 Å². The summed E-state index contributed by atoms with van der Waals surface area (Å²) in [6, 6.07) is 4.64. The molecule has 0 unspecified atom stereocenters. The average Bonchev–Trinajstić information content (AvgIpc) is 2.30. The molecule has 0 aromatic heterocycles. The van der Waals surface area contributed by atoms with Crippen molar-refractivity contribution in [1.29, 1.82) is 0 Å². The van der Waals surface area contributed by atoms with E-state index in [-0.39, 0.29) is 28.5 Å². The van der Waals surface area contributed by atoms with Crippen molar-refractivity contribution in [3.8, 4) is 5.75 Å². The van der Waals surface area contributed by atoms with Gasteiger partial charge in [-0.1, -0.05) is 17.7 Å². The smallest absolute Gasteiger partial charge is 0.173 e. The maximum atomic E-state index is 12.8. The van der Waals surface area contributed by atoms with E-state index in [1.54, 1.807) is 6.07 Å². The van der Waals surface area contributed by atoms with Crippen LogP contribution in [-0.2, 0) is 0 Å². The van der Waals surface area contributed by atoms with Crippen molar-refractivity contribution in [3.63, 3.8) is 0 Å². The van der Waals surface area contributed by atoms with Crippen LogP contribution in [0.25, 0.3) is 0 Å². The normalized spacial score (nSPS) is 17.8. The van der Waals surface area contributed by atoms with Gasteiger partial charge >= 0.3 is 0 Å². The fourth-order valence-corrected chi connectivity index (χ4v) is 1.87.